The molecule has 1 heterocycles. The summed E-state index contributed by atoms with van der Waals surface area (Å²) in [7, 11) is 0. The van der Waals surface area contributed by atoms with Crippen LogP contribution in [-0.4, -0.2) is 29.8 Å². The summed E-state index contributed by atoms with van der Waals surface area (Å²) in [5.74, 6) is 0.372. The van der Waals surface area contributed by atoms with Crippen LogP contribution in [0.1, 0.15) is 31.4 Å². The second kappa shape index (κ2) is 6.51. The van der Waals surface area contributed by atoms with Gasteiger partial charge in [0.05, 0.1) is 11.6 Å². The zero-order chi connectivity index (χ0) is 18.0. The molecular weight excluding hydrogens is 319 g/mol. The number of rotatable bonds is 3. The predicted octanol–water partition coefficient (Wildman–Crippen LogP) is 3.37. The Morgan fingerprint density at radius 2 is 2.21 bits per heavy atom. The fraction of sp³-hybridized carbons (Fsp3) is 0.438. The first-order chi connectivity index (χ1) is 11.2. The maximum atomic E-state index is 12.9. The summed E-state index contributed by atoms with van der Waals surface area (Å²) in [5.41, 5.74) is 2.60. The number of anilines is 1. The number of hydrazone groups is 1. The Hall–Kier alpha value is -2.56. The highest BCUT2D eigenvalue weighted by atomic mass is 19.4. The van der Waals surface area contributed by atoms with Crippen molar-refractivity contribution in [2.45, 2.75) is 38.9 Å². The molecule has 0 aliphatic carbocycles. The minimum Gasteiger partial charge on any atom is -0.342 e. The smallest absolute Gasteiger partial charge is 0.342 e. The number of hydrogen-bond acceptors (Lipinski definition) is 4. The van der Waals surface area contributed by atoms with Crippen LogP contribution < -0.4 is 10.7 Å². The third kappa shape index (κ3) is 3.67. The maximum Gasteiger partial charge on any atom is 0.431 e. The first-order valence-electron chi connectivity index (χ1n) is 7.43. The lowest BCUT2D eigenvalue weighted by Gasteiger charge is -2.27. The van der Waals surface area contributed by atoms with Gasteiger partial charge < -0.3 is 5.32 Å². The second-order valence-corrected chi connectivity index (χ2v) is 5.77. The molecule has 8 heteroatoms. The van der Waals surface area contributed by atoms with Crippen molar-refractivity contribution in [3.05, 3.63) is 29.3 Å². The summed E-state index contributed by atoms with van der Waals surface area (Å²) in [4.78, 5) is 4.30. The van der Waals surface area contributed by atoms with Crippen molar-refractivity contribution in [2.75, 3.05) is 11.9 Å². The molecule has 5 nitrogen and oxygen atoms in total. The van der Waals surface area contributed by atoms with Crippen LogP contribution >= 0.6 is 0 Å². The first-order valence-corrected chi connectivity index (χ1v) is 7.43. The van der Waals surface area contributed by atoms with E-state index in [9.17, 15) is 13.2 Å². The Labute approximate surface area is 138 Å². The lowest BCUT2D eigenvalue weighted by Crippen LogP contribution is -2.48. The van der Waals surface area contributed by atoms with Crippen LogP contribution in [0.25, 0.3) is 0 Å². The van der Waals surface area contributed by atoms with Gasteiger partial charge in [0.25, 0.3) is 0 Å². The zero-order valence-electron chi connectivity index (χ0n) is 13.6. The van der Waals surface area contributed by atoms with Gasteiger partial charge in [-0.15, -0.1) is 0 Å². The topological polar surface area (TPSA) is 72.6 Å². The van der Waals surface area contributed by atoms with Crippen LogP contribution in [0.2, 0.25) is 0 Å². The van der Waals surface area contributed by atoms with Gasteiger partial charge in [-0.2, -0.15) is 23.5 Å². The number of nitrogens with zero attached hydrogens (tertiary/aromatic N) is 3. The van der Waals surface area contributed by atoms with Crippen LogP contribution in [0, 0.1) is 18.3 Å². The summed E-state index contributed by atoms with van der Waals surface area (Å²) < 4.78 is 38.6. The van der Waals surface area contributed by atoms with Gasteiger partial charge in [-0.1, -0.05) is 0 Å². The lowest BCUT2D eigenvalue weighted by molar-refractivity contribution is -0.0601. The fourth-order valence-electron chi connectivity index (χ4n) is 2.42. The Morgan fingerprint density at radius 1 is 1.50 bits per heavy atom. The zero-order valence-corrected chi connectivity index (χ0v) is 13.6. The van der Waals surface area contributed by atoms with E-state index in [1.54, 1.807) is 39.0 Å². The first kappa shape index (κ1) is 17.8. The van der Waals surface area contributed by atoms with Gasteiger partial charge in [-0.3, -0.25) is 10.4 Å². The van der Waals surface area contributed by atoms with Crippen molar-refractivity contribution in [2.24, 2.45) is 10.1 Å². The standard InChI is InChI=1S/C16H18F3N5/c1-4-21-14(15(3)8-13(23-24-15)16(17,18)19)22-12-6-5-11(9-20)10(2)7-12/h5-7,24H,4,8H2,1-3H3,(H,21,22). The Balaban J connectivity index is 2.24. The Bertz CT molecular complexity index is 730. The summed E-state index contributed by atoms with van der Waals surface area (Å²) in [6.45, 7) is 5.62. The third-order valence-electron chi connectivity index (χ3n) is 3.73. The summed E-state index contributed by atoms with van der Waals surface area (Å²) in [6.07, 6.45) is -4.77. The molecule has 0 saturated heterocycles. The van der Waals surface area contributed by atoms with Gasteiger partial charge in [0, 0.05) is 18.7 Å². The molecule has 0 saturated carbocycles. The summed E-state index contributed by atoms with van der Waals surface area (Å²) in [6, 6.07) is 7.18. The van der Waals surface area contributed by atoms with E-state index in [4.69, 9.17) is 5.26 Å². The average molecular weight is 337 g/mol. The number of aliphatic imine (C=N–C) groups is 1. The van der Waals surface area contributed by atoms with Crippen molar-refractivity contribution in [3.8, 4) is 6.07 Å². The molecule has 1 aromatic carbocycles. The number of aryl methyl sites for hydroxylation is 1. The van der Waals surface area contributed by atoms with Gasteiger partial charge in [-0.25, -0.2) is 0 Å². The molecule has 1 unspecified atom stereocenters. The maximum absolute atomic E-state index is 12.9. The molecule has 1 aromatic rings. The largest absolute Gasteiger partial charge is 0.431 e. The van der Waals surface area contributed by atoms with Crippen molar-refractivity contribution >= 4 is 17.2 Å². The van der Waals surface area contributed by atoms with Gasteiger partial charge >= 0.3 is 6.18 Å². The molecular formula is C16H18F3N5. The number of nitriles is 1. The number of benzene rings is 1. The molecule has 0 spiro atoms. The van der Waals surface area contributed by atoms with E-state index in [1.165, 1.54) is 0 Å². The molecule has 0 aromatic heterocycles. The SMILES string of the molecule is CC/N=C(/Nc1ccc(C#N)c(C)c1)C1(C)CC(C(F)(F)F)=NN1. The summed E-state index contributed by atoms with van der Waals surface area (Å²) >= 11 is 0. The lowest BCUT2D eigenvalue weighted by atomic mass is 9.94. The highest BCUT2D eigenvalue weighted by Gasteiger charge is 2.47. The van der Waals surface area contributed by atoms with Crippen molar-refractivity contribution in [1.82, 2.24) is 5.43 Å². The molecule has 1 atom stereocenters. The van der Waals surface area contributed by atoms with Gasteiger partial charge in [-0.05, 0) is 44.5 Å². The highest BCUT2D eigenvalue weighted by molar-refractivity contribution is 6.07. The molecule has 128 valence electrons. The molecule has 1 aliphatic heterocycles. The molecule has 2 rings (SSSR count). The van der Waals surface area contributed by atoms with E-state index >= 15 is 0 Å². The van der Waals surface area contributed by atoms with E-state index < -0.39 is 17.4 Å². The molecule has 0 bridgehead atoms. The Morgan fingerprint density at radius 3 is 2.71 bits per heavy atom. The second-order valence-electron chi connectivity index (χ2n) is 5.77. The van der Waals surface area contributed by atoms with E-state index in [0.717, 1.165) is 5.56 Å². The minimum atomic E-state index is -4.47. The fourth-order valence-corrected chi connectivity index (χ4v) is 2.42. The van der Waals surface area contributed by atoms with Crippen molar-refractivity contribution < 1.29 is 13.2 Å². The van der Waals surface area contributed by atoms with E-state index in [0.29, 0.717) is 23.6 Å². The van der Waals surface area contributed by atoms with Crippen molar-refractivity contribution in [1.29, 1.82) is 5.26 Å². The van der Waals surface area contributed by atoms with E-state index in [-0.39, 0.29) is 6.42 Å². The number of hydrogen-bond donors (Lipinski definition) is 2. The number of alkyl halides is 3. The van der Waals surface area contributed by atoms with Gasteiger partial charge in [0.2, 0.25) is 0 Å². The van der Waals surface area contributed by atoms with Crippen LogP contribution in [0.4, 0.5) is 18.9 Å². The molecule has 0 radical (unpaired) electrons. The number of nitrogens with one attached hydrogen (secondary N) is 2. The van der Waals surface area contributed by atoms with Crippen molar-refractivity contribution in [3.63, 3.8) is 0 Å². The van der Waals surface area contributed by atoms with Crippen LogP contribution in [0.5, 0.6) is 0 Å². The molecule has 1 aliphatic rings. The third-order valence-corrected chi connectivity index (χ3v) is 3.73. The van der Waals surface area contributed by atoms with E-state index in [2.05, 4.69) is 26.9 Å². The average Bonchev–Trinajstić information content (AvgIpc) is 2.91. The van der Waals surface area contributed by atoms with Crippen LogP contribution in [0.15, 0.2) is 28.3 Å². The highest BCUT2D eigenvalue weighted by Crippen LogP contribution is 2.29. The molecule has 0 fully saturated rings. The van der Waals surface area contributed by atoms with E-state index in [1.807, 2.05) is 0 Å². The monoisotopic (exact) mass is 337 g/mol. The number of halogens is 3. The van der Waals surface area contributed by atoms with Crippen LogP contribution in [-0.2, 0) is 0 Å². The van der Waals surface area contributed by atoms with Crippen LogP contribution in [0.3, 0.4) is 0 Å². The minimum absolute atomic E-state index is 0.308. The molecule has 2 N–H and O–H groups in total. The quantitative estimate of drug-likeness (QED) is 0.656. The number of amidine groups is 1. The normalized spacial score (nSPS) is 21.0. The van der Waals surface area contributed by atoms with Gasteiger partial charge in [0.1, 0.15) is 17.1 Å². The molecule has 0 amide bonds. The predicted molar refractivity (Wildman–Crippen MR) is 87.1 cm³/mol. The summed E-state index contributed by atoms with van der Waals surface area (Å²) in [5, 5.41) is 15.5. The molecule has 24 heavy (non-hydrogen) atoms. The Kier molecular flexibility index (Phi) is 4.83. The van der Waals surface area contributed by atoms with Gasteiger partial charge in [0.15, 0.2) is 0 Å².